The molecule has 0 unspecified atom stereocenters. The van der Waals surface area contributed by atoms with E-state index in [1.54, 1.807) is 37.6 Å². The number of aromatic nitrogens is 3. The summed E-state index contributed by atoms with van der Waals surface area (Å²) in [5, 5.41) is 14.4. The van der Waals surface area contributed by atoms with Gasteiger partial charge in [-0.15, -0.1) is 0 Å². The Bertz CT molecular complexity index is 1520. The predicted molar refractivity (Wildman–Crippen MR) is 152 cm³/mol. The monoisotopic (exact) mass is 553 g/mol. The Labute approximate surface area is 230 Å². The molecule has 1 aliphatic heterocycles. The van der Waals surface area contributed by atoms with Gasteiger partial charge in [-0.2, -0.15) is 0 Å². The van der Waals surface area contributed by atoms with Crippen molar-refractivity contribution in [3.05, 3.63) is 69.1 Å². The van der Waals surface area contributed by atoms with Crippen LogP contribution in [-0.2, 0) is 9.47 Å². The van der Waals surface area contributed by atoms with E-state index in [1.165, 1.54) is 7.11 Å². The van der Waals surface area contributed by atoms with Crippen LogP contribution in [0.4, 0.5) is 11.4 Å². The van der Waals surface area contributed by atoms with Crippen LogP contribution in [0.5, 0.6) is 5.75 Å². The second-order valence-corrected chi connectivity index (χ2v) is 9.92. The maximum Gasteiger partial charge on any atom is 0.261 e. The second kappa shape index (κ2) is 11.7. The predicted octanol–water partition coefficient (Wildman–Crippen LogP) is 3.89. The van der Waals surface area contributed by atoms with Crippen molar-refractivity contribution in [3.63, 3.8) is 0 Å². The molecule has 2 atom stereocenters. The number of morpholine rings is 1. The third-order valence-corrected chi connectivity index (χ3v) is 7.22. The number of ether oxygens (including phenoxy) is 3. The first-order chi connectivity index (χ1) is 18.9. The van der Waals surface area contributed by atoms with Gasteiger partial charge < -0.3 is 39.5 Å². The van der Waals surface area contributed by atoms with E-state index in [0.717, 1.165) is 28.8 Å². The first-order valence-corrected chi connectivity index (χ1v) is 13.1. The number of H-pyrrole nitrogens is 2. The highest BCUT2D eigenvalue weighted by Gasteiger charge is 2.25. The second-order valence-electron chi connectivity index (χ2n) is 9.51. The van der Waals surface area contributed by atoms with E-state index in [9.17, 15) is 9.90 Å². The van der Waals surface area contributed by atoms with Crippen molar-refractivity contribution in [2.45, 2.75) is 19.1 Å². The molecule has 10 nitrogen and oxygen atoms in total. The molecule has 0 spiro atoms. The number of nitrogens with zero attached hydrogens (tertiary/aromatic N) is 2. The highest BCUT2D eigenvalue weighted by atomic mass is 35.5. The zero-order chi connectivity index (χ0) is 27.5. The van der Waals surface area contributed by atoms with Crippen LogP contribution in [0.15, 0.2) is 47.4 Å². The van der Waals surface area contributed by atoms with Crippen LogP contribution < -0.4 is 20.5 Å². The number of aliphatic hydroxyl groups excluding tert-OH is 1. The molecule has 3 heterocycles. The third kappa shape index (κ3) is 5.60. The largest absolute Gasteiger partial charge is 0.495 e. The highest BCUT2D eigenvalue weighted by Crippen LogP contribution is 2.31. The van der Waals surface area contributed by atoms with Gasteiger partial charge in [0.2, 0.25) is 0 Å². The summed E-state index contributed by atoms with van der Waals surface area (Å²) in [6.45, 7) is 4.73. The van der Waals surface area contributed by atoms with Crippen molar-refractivity contribution in [2.75, 3.05) is 57.3 Å². The number of methoxy groups -OCH3 is 2. The molecule has 0 radical (unpaired) electrons. The number of hydrogen-bond acceptors (Lipinski definition) is 8. The van der Waals surface area contributed by atoms with Crippen LogP contribution in [-0.4, -0.2) is 73.2 Å². The summed E-state index contributed by atoms with van der Waals surface area (Å²) < 4.78 is 16.3. The Kier molecular flexibility index (Phi) is 8.08. The summed E-state index contributed by atoms with van der Waals surface area (Å²) in [5.74, 6) is 0.968. The third-order valence-electron chi connectivity index (χ3n) is 6.92. The van der Waals surface area contributed by atoms with Crippen molar-refractivity contribution in [1.29, 1.82) is 0 Å². The number of halogens is 1. The molecular formula is C28H32ClN5O5. The summed E-state index contributed by atoms with van der Waals surface area (Å²) >= 11 is 6.22. The lowest BCUT2D eigenvalue weighted by molar-refractivity contribution is 0.0602. The molecule has 2 aromatic heterocycles. The van der Waals surface area contributed by atoms with Gasteiger partial charge >= 0.3 is 0 Å². The number of nitrogens with one attached hydrogen (secondary N) is 3. The summed E-state index contributed by atoms with van der Waals surface area (Å²) in [7, 11) is 3.23. The van der Waals surface area contributed by atoms with Gasteiger partial charge in [0.05, 0.1) is 60.8 Å². The zero-order valence-corrected chi connectivity index (χ0v) is 22.8. The molecule has 1 saturated heterocycles. The first kappa shape index (κ1) is 27.0. The van der Waals surface area contributed by atoms with Gasteiger partial charge in [-0.05, 0) is 48.4 Å². The van der Waals surface area contributed by atoms with Gasteiger partial charge in [-0.1, -0.05) is 17.7 Å². The van der Waals surface area contributed by atoms with E-state index in [4.69, 9.17) is 30.8 Å². The number of fused-ring (bicyclic) bond motifs is 1. The highest BCUT2D eigenvalue weighted by molar-refractivity contribution is 6.32. The van der Waals surface area contributed by atoms with Gasteiger partial charge in [0.25, 0.3) is 5.56 Å². The first-order valence-electron chi connectivity index (χ1n) is 12.7. The molecule has 0 amide bonds. The summed E-state index contributed by atoms with van der Waals surface area (Å²) in [6, 6.07) is 11.1. The Balaban J connectivity index is 1.43. The number of hydrogen-bond donors (Lipinski definition) is 4. The van der Waals surface area contributed by atoms with E-state index in [2.05, 4.69) is 26.3 Å². The minimum absolute atomic E-state index is 0.114. The zero-order valence-electron chi connectivity index (χ0n) is 22.1. The minimum Gasteiger partial charge on any atom is -0.495 e. The topological polar surface area (TPSA) is 125 Å². The minimum atomic E-state index is -0.866. The molecule has 1 aliphatic rings. The van der Waals surface area contributed by atoms with Gasteiger partial charge in [0.15, 0.2) is 0 Å². The van der Waals surface area contributed by atoms with E-state index in [0.29, 0.717) is 53.2 Å². The number of rotatable bonds is 9. The molecule has 0 aliphatic carbocycles. The number of anilines is 2. The molecule has 0 bridgehead atoms. The fraction of sp³-hybridized carbons (Fsp3) is 0.357. The van der Waals surface area contributed by atoms with E-state index in [-0.39, 0.29) is 18.1 Å². The molecule has 4 aromatic rings. The summed E-state index contributed by atoms with van der Waals surface area (Å²) in [4.78, 5) is 26.1. The normalized spacial score (nSPS) is 16.4. The lowest BCUT2D eigenvalue weighted by atomic mass is 10.1. The number of aromatic amines is 2. The maximum atomic E-state index is 13.0. The quantitative estimate of drug-likeness (QED) is 0.246. The molecule has 1 fully saturated rings. The molecule has 4 N–H and O–H groups in total. The molecule has 39 heavy (non-hydrogen) atoms. The lowest BCUT2D eigenvalue weighted by Gasteiger charge is -2.37. The van der Waals surface area contributed by atoms with Gasteiger partial charge in [0.1, 0.15) is 17.1 Å². The van der Waals surface area contributed by atoms with Crippen LogP contribution in [0, 0.1) is 6.92 Å². The van der Waals surface area contributed by atoms with Crippen LogP contribution >= 0.6 is 11.6 Å². The average molecular weight is 554 g/mol. The Morgan fingerprint density at radius 2 is 2.13 bits per heavy atom. The number of pyridine rings is 1. The van der Waals surface area contributed by atoms with Crippen molar-refractivity contribution in [3.8, 4) is 17.1 Å². The molecule has 2 aromatic carbocycles. The smallest absolute Gasteiger partial charge is 0.261 e. The maximum absolute atomic E-state index is 13.0. The summed E-state index contributed by atoms with van der Waals surface area (Å²) in [6.07, 6.45) is 0.695. The summed E-state index contributed by atoms with van der Waals surface area (Å²) in [5.41, 5.74) is 4.87. The fourth-order valence-electron chi connectivity index (χ4n) is 4.96. The average Bonchev–Trinajstić information content (AvgIpc) is 3.36. The number of benzene rings is 2. The Morgan fingerprint density at radius 1 is 1.28 bits per heavy atom. The van der Waals surface area contributed by atoms with Crippen molar-refractivity contribution in [1.82, 2.24) is 15.0 Å². The van der Waals surface area contributed by atoms with Crippen molar-refractivity contribution in [2.24, 2.45) is 0 Å². The van der Waals surface area contributed by atoms with Gasteiger partial charge in [-0.3, -0.25) is 4.79 Å². The molecular weight excluding hydrogens is 522 g/mol. The fourth-order valence-corrected chi connectivity index (χ4v) is 5.22. The molecule has 11 heteroatoms. The Morgan fingerprint density at radius 3 is 2.90 bits per heavy atom. The molecule has 5 rings (SSSR count). The van der Waals surface area contributed by atoms with Crippen LogP contribution in [0.25, 0.3) is 22.4 Å². The standard InChI is InChI=1S/C28H32ClN5O5/c1-16-10-18(34-8-9-39-15-19(34)14-37-2)12-22-26(16)33-27(32-22)25-21(6-7-30-28(25)36)31-13-23(35)17-4-5-24(38-3)20(29)11-17/h4-7,10-12,19,23,35H,8-9,13-15H2,1-3H3,(H,32,33)(H2,30,31,36)/t19-,23+/m0/s1. The van der Waals surface area contributed by atoms with Gasteiger partial charge in [0, 0.05) is 32.1 Å². The Hall–Kier alpha value is -3.57. The van der Waals surface area contributed by atoms with Crippen LogP contribution in [0.2, 0.25) is 5.02 Å². The van der Waals surface area contributed by atoms with Crippen LogP contribution in [0.1, 0.15) is 17.2 Å². The SMILES string of the molecule is COC[C@H]1COCCN1c1cc(C)c2nc(-c3c(NC[C@@H](O)c4ccc(OC)c(Cl)c4)cc[nH]c3=O)[nH]c2c1. The number of aliphatic hydroxyl groups is 1. The number of aryl methyl sites for hydroxylation is 1. The molecule has 206 valence electrons. The van der Waals surface area contributed by atoms with E-state index >= 15 is 0 Å². The van der Waals surface area contributed by atoms with E-state index in [1.807, 2.05) is 13.0 Å². The molecule has 0 saturated carbocycles. The number of imidazole rings is 1. The van der Waals surface area contributed by atoms with Gasteiger partial charge in [-0.25, -0.2) is 4.98 Å². The van der Waals surface area contributed by atoms with Crippen molar-refractivity contribution >= 4 is 34.0 Å². The lowest BCUT2D eigenvalue weighted by Crippen LogP contribution is -2.48. The van der Waals surface area contributed by atoms with Crippen LogP contribution in [0.3, 0.4) is 0 Å². The van der Waals surface area contributed by atoms with E-state index < -0.39 is 6.10 Å². The van der Waals surface area contributed by atoms with Crippen molar-refractivity contribution < 1.29 is 19.3 Å².